The van der Waals surface area contributed by atoms with E-state index in [1.165, 1.54) is 18.9 Å². The molecule has 0 amide bonds. The van der Waals surface area contributed by atoms with Crippen molar-refractivity contribution < 1.29 is 9.13 Å². The van der Waals surface area contributed by atoms with Gasteiger partial charge in [-0.3, -0.25) is 0 Å². The van der Waals surface area contributed by atoms with Crippen LogP contribution in [0.4, 0.5) is 10.1 Å². The molecule has 0 saturated heterocycles. The van der Waals surface area contributed by atoms with E-state index in [-0.39, 0.29) is 5.82 Å². The smallest absolute Gasteiger partial charge is 0.128 e. The van der Waals surface area contributed by atoms with Gasteiger partial charge in [0, 0.05) is 30.9 Å². The fourth-order valence-corrected chi connectivity index (χ4v) is 2.77. The molecule has 0 radical (unpaired) electrons. The fourth-order valence-electron chi connectivity index (χ4n) is 2.77. The maximum absolute atomic E-state index is 14.1. The molecule has 2 rings (SSSR count). The number of nitrogens with two attached hydrogens (primary N) is 1. The quantitative estimate of drug-likeness (QED) is 0.795. The maximum Gasteiger partial charge on any atom is 0.128 e. The van der Waals surface area contributed by atoms with Gasteiger partial charge in [-0.2, -0.15) is 0 Å². The predicted molar refractivity (Wildman–Crippen MR) is 80.6 cm³/mol. The zero-order valence-corrected chi connectivity index (χ0v) is 12.4. The minimum Gasteiger partial charge on any atom is -0.383 e. The Kier molecular flexibility index (Phi) is 5.38. The Labute approximate surface area is 120 Å². The number of hydrogen-bond acceptors (Lipinski definition) is 3. The molecular formula is C16H25FN2O. The Morgan fingerprint density at radius 1 is 1.45 bits per heavy atom. The third-order valence-corrected chi connectivity index (χ3v) is 4.13. The lowest BCUT2D eigenvalue weighted by Gasteiger charge is -2.33. The topological polar surface area (TPSA) is 38.5 Å². The third-order valence-electron chi connectivity index (χ3n) is 4.13. The maximum atomic E-state index is 14.1. The number of halogens is 1. The molecule has 3 nitrogen and oxygen atoms in total. The Morgan fingerprint density at radius 3 is 2.80 bits per heavy atom. The lowest BCUT2D eigenvalue weighted by atomic mass is 10.0. The van der Waals surface area contributed by atoms with Gasteiger partial charge in [0.25, 0.3) is 0 Å². The molecule has 2 N–H and O–H groups in total. The van der Waals surface area contributed by atoms with E-state index in [1.54, 1.807) is 13.2 Å². The van der Waals surface area contributed by atoms with Crippen LogP contribution in [0.2, 0.25) is 0 Å². The number of anilines is 1. The normalized spacial score (nSPS) is 16.2. The first-order valence-electron chi connectivity index (χ1n) is 7.42. The molecule has 1 aromatic carbocycles. The second kappa shape index (κ2) is 7.04. The first-order chi connectivity index (χ1) is 9.69. The van der Waals surface area contributed by atoms with Gasteiger partial charge in [-0.1, -0.05) is 6.07 Å². The molecule has 1 saturated carbocycles. The first kappa shape index (κ1) is 15.3. The van der Waals surface area contributed by atoms with E-state index >= 15 is 0 Å². The summed E-state index contributed by atoms with van der Waals surface area (Å²) >= 11 is 0. The van der Waals surface area contributed by atoms with E-state index in [4.69, 9.17) is 10.5 Å². The molecule has 112 valence electrons. The summed E-state index contributed by atoms with van der Waals surface area (Å²) in [5.74, 6) is 0.569. The van der Waals surface area contributed by atoms with Crippen LogP contribution in [0.5, 0.6) is 0 Å². The van der Waals surface area contributed by atoms with Crippen molar-refractivity contribution in [2.45, 2.75) is 32.2 Å². The van der Waals surface area contributed by atoms with Crippen molar-refractivity contribution in [1.82, 2.24) is 0 Å². The van der Waals surface area contributed by atoms with Gasteiger partial charge in [-0.25, -0.2) is 4.39 Å². The molecule has 20 heavy (non-hydrogen) atoms. The number of hydrogen-bond donors (Lipinski definition) is 1. The Bertz CT molecular complexity index is 434. The Balaban J connectivity index is 2.28. The van der Waals surface area contributed by atoms with Gasteiger partial charge in [0.1, 0.15) is 5.82 Å². The van der Waals surface area contributed by atoms with Crippen molar-refractivity contribution in [3.8, 4) is 0 Å². The highest BCUT2D eigenvalue weighted by Crippen LogP contribution is 2.38. The molecule has 0 heterocycles. The van der Waals surface area contributed by atoms with Gasteiger partial charge in [0.2, 0.25) is 0 Å². The molecule has 1 atom stereocenters. The average Bonchev–Trinajstić information content (AvgIpc) is 3.27. The second-order valence-corrected chi connectivity index (χ2v) is 5.54. The van der Waals surface area contributed by atoms with E-state index in [0.717, 1.165) is 23.7 Å². The largest absolute Gasteiger partial charge is 0.383 e. The van der Waals surface area contributed by atoms with E-state index in [9.17, 15) is 4.39 Å². The van der Waals surface area contributed by atoms with Crippen molar-refractivity contribution in [3.63, 3.8) is 0 Å². The van der Waals surface area contributed by atoms with E-state index in [0.29, 0.717) is 25.6 Å². The molecule has 1 aliphatic carbocycles. The molecular weight excluding hydrogens is 255 g/mol. The van der Waals surface area contributed by atoms with Crippen molar-refractivity contribution in [2.24, 2.45) is 11.7 Å². The van der Waals surface area contributed by atoms with Crippen LogP contribution in [0, 0.1) is 11.7 Å². The molecule has 0 aromatic heterocycles. The highest BCUT2D eigenvalue weighted by molar-refractivity contribution is 5.55. The number of methoxy groups -OCH3 is 1. The van der Waals surface area contributed by atoms with E-state index in [2.05, 4.69) is 11.8 Å². The summed E-state index contributed by atoms with van der Waals surface area (Å²) < 4.78 is 19.3. The Morgan fingerprint density at radius 2 is 2.20 bits per heavy atom. The van der Waals surface area contributed by atoms with Crippen molar-refractivity contribution in [2.75, 3.05) is 31.7 Å². The van der Waals surface area contributed by atoms with Crippen LogP contribution in [-0.4, -0.2) is 32.8 Å². The second-order valence-electron chi connectivity index (χ2n) is 5.54. The molecule has 1 unspecified atom stereocenters. The van der Waals surface area contributed by atoms with Crippen LogP contribution in [0.15, 0.2) is 18.2 Å². The SMILES string of the molecule is COCCN(c1cccc(F)c1CCN)C(C)C1CC1. The summed E-state index contributed by atoms with van der Waals surface area (Å²) in [4.78, 5) is 2.29. The van der Waals surface area contributed by atoms with Gasteiger partial charge in [0.15, 0.2) is 0 Å². The highest BCUT2D eigenvalue weighted by atomic mass is 19.1. The molecule has 0 spiro atoms. The fraction of sp³-hybridized carbons (Fsp3) is 0.625. The summed E-state index contributed by atoms with van der Waals surface area (Å²) in [6.45, 7) is 4.12. The molecule has 4 heteroatoms. The summed E-state index contributed by atoms with van der Waals surface area (Å²) in [5, 5.41) is 0. The number of nitrogens with zero attached hydrogens (tertiary/aromatic N) is 1. The number of benzene rings is 1. The van der Waals surface area contributed by atoms with Crippen molar-refractivity contribution in [1.29, 1.82) is 0 Å². The van der Waals surface area contributed by atoms with Gasteiger partial charge in [-0.15, -0.1) is 0 Å². The van der Waals surface area contributed by atoms with Crippen LogP contribution in [-0.2, 0) is 11.2 Å². The van der Waals surface area contributed by atoms with Gasteiger partial charge < -0.3 is 15.4 Å². The monoisotopic (exact) mass is 280 g/mol. The molecule has 0 bridgehead atoms. The summed E-state index contributed by atoms with van der Waals surface area (Å²) in [6, 6.07) is 5.72. The molecule has 1 fully saturated rings. The van der Waals surface area contributed by atoms with Crippen LogP contribution in [0.1, 0.15) is 25.3 Å². The summed E-state index contributed by atoms with van der Waals surface area (Å²) in [6.07, 6.45) is 3.11. The first-order valence-corrected chi connectivity index (χ1v) is 7.42. The van der Waals surface area contributed by atoms with Crippen LogP contribution in [0.25, 0.3) is 0 Å². The van der Waals surface area contributed by atoms with Gasteiger partial charge >= 0.3 is 0 Å². The van der Waals surface area contributed by atoms with Gasteiger partial charge in [-0.05, 0) is 50.8 Å². The standard InChI is InChI=1S/C16H25FN2O/c1-12(13-6-7-13)19(10-11-20-2)16-5-3-4-15(17)14(16)8-9-18/h3-5,12-13H,6-11,18H2,1-2H3. The van der Waals surface area contributed by atoms with Crippen LogP contribution in [0.3, 0.4) is 0 Å². The lowest BCUT2D eigenvalue weighted by Crippen LogP contribution is -2.38. The highest BCUT2D eigenvalue weighted by Gasteiger charge is 2.33. The zero-order chi connectivity index (χ0) is 14.5. The number of ether oxygens (including phenoxy) is 1. The lowest BCUT2D eigenvalue weighted by molar-refractivity contribution is 0.202. The van der Waals surface area contributed by atoms with E-state index in [1.807, 2.05) is 6.07 Å². The van der Waals surface area contributed by atoms with Crippen molar-refractivity contribution >= 4 is 5.69 Å². The Hall–Kier alpha value is -1.13. The van der Waals surface area contributed by atoms with Crippen LogP contribution < -0.4 is 10.6 Å². The van der Waals surface area contributed by atoms with Gasteiger partial charge in [0.05, 0.1) is 6.61 Å². The third kappa shape index (κ3) is 3.49. The minimum absolute atomic E-state index is 0.154. The number of rotatable bonds is 8. The predicted octanol–water partition coefficient (Wildman–Crippen LogP) is 2.58. The average molecular weight is 280 g/mol. The minimum atomic E-state index is -0.154. The molecule has 1 aliphatic rings. The summed E-state index contributed by atoms with van der Waals surface area (Å²) in [5.41, 5.74) is 7.35. The van der Waals surface area contributed by atoms with Crippen LogP contribution >= 0.6 is 0 Å². The summed E-state index contributed by atoms with van der Waals surface area (Å²) in [7, 11) is 1.70. The molecule has 0 aliphatic heterocycles. The van der Waals surface area contributed by atoms with Crippen molar-refractivity contribution in [3.05, 3.63) is 29.6 Å². The zero-order valence-electron chi connectivity index (χ0n) is 12.4. The molecule has 1 aromatic rings. The van der Waals surface area contributed by atoms with E-state index < -0.39 is 0 Å².